The van der Waals surface area contributed by atoms with E-state index < -0.39 is 0 Å². The Kier molecular flexibility index (Phi) is 5.58. The van der Waals surface area contributed by atoms with E-state index >= 15 is 0 Å². The second kappa shape index (κ2) is 7.88. The molecule has 136 valence electrons. The van der Waals surface area contributed by atoms with E-state index in [1.165, 1.54) is 0 Å². The van der Waals surface area contributed by atoms with Gasteiger partial charge in [-0.2, -0.15) is 10.2 Å². The Morgan fingerprint density at radius 3 is 2.81 bits per heavy atom. The van der Waals surface area contributed by atoms with Crippen LogP contribution in [0.5, 0.6) is 0 Å². The average molecular weight is 389 g/mol. The molecule has 3 rings (SSSR count). The second-order valence-corrected chi connectivity index (χ2v) is 6.98. The Bertz CT molecular complexity index is 930. The third-order valence-corrected chi connectivity index (χ3v) is 4.69. The molecule has 1 aromatic carbocycles. The van der Waals surface area contributed by atoms with Crippen LogP contribution >= 0.6 is 23.8 Å². The van der Waals surface area contributed by atoms with Gasteiger partial charge in [0.2, 0.25) is 0 Å². The van der Waals surface area contributed by atoms with Crippen molar-refractivity contribution in [1.29, 1.82) is 0 Å². The van der Waals surface area contributed by atoms with Gasteiger partial charge in [-0.3, -0.25) is 9.36 Å². The number of thiocarbonyl (C=S) groups is 1. The number of aromatic nitrogens is 4. The van der Waals surface area contributed by atoms with E-state index in [2.05, 4.69) is 20.8 Å². The van der Waals surface area contributed by atoms with Gasteiger partial charge in [-0.25, -0.2) is 0 Å². The first-order chi connectivity index (χ1) is 12.4. The molecule has 0 saturated carbocycles. The van der Waals surface area contributed by atoms with Crippen molar-refractivity contribution >= 4 is 34.6 Å². The molecule has 3 aromatic rings. The van der Waals surface area contributed by atoms with Crippen molar-refractivity contribution in [3.8, 4) is 0 Å². The van der Waals surface area contributed by atoms with E-state index in [4.69, 9.17) is 23.8 Å². The van der Waals surface area contributed by atoms with Gasteiger partial charge in [-0.1, -0.05) is 23.7 Å². The molecular weight excluding hydrogens is 368 g/mol. The summed E-state index contributed by atoms with van der Waals surface area (Å²) in [4.78, 5) is 0. The van der Waals surface area contributed by atoms with Gasteiger partial charge in [0, 0.05) is 36.1 Å². The normalized spacial score (nSPS) is 10.8. The molecule has 0 unspecified atom stereocenters. The maximum atomic E-state index is 6.02. The smallest absolute Gasteiger partial charge is 0.171 e. The van der Waals surface area contributed by atoms with Crippen LogP contribution in [0.25, 0.3) is 0 Å². The van der Waals surface area contributed by atoms with Crippen LogP contribution in [0.15, 0.2) is 36.7 Å². The van der Waals surface area contributed by atoms with E-state index in [-0.39, 0.29) is 0 Å². The maximum Gasteiger partial charge on any atom is 0.171 e. The van der Waals surface area contributed by atoms with Crippen LogP contribution < -0.4 is 10.6 Å². The van der Waals surface area contributed by atoms with Gasteiger partial charge in [-0.15, -0.1) is 0 Å². The predicted octanol–water partition coefficient (Wildman–Crippen LogP) is 3.42. The zero-order valence-electron chi connectivity index (χ0n) is 15.0. The van der Waals surface area contributed by atoms with Crippen LogP contribution in [0, 0.1) is 13.8 Å². The fraction of sp³-hybridized carbons (Fsp3) is 0.278. The molecule has 0 aliphatic carbocycles. The minimum Gasteiger partial charge on any atom is -0.358 e. The highest BCUT2D eigenvalue weighted by molar-refractivity contribution is 7.80. The number of aryl methyl sites for hydroxylation is 2. The Hall–Kier alpha value is -2.38. The van der Waals surface area contributed by atoms with Crippen molar-refractivity contribution < 1.29 is 0 Å². The lowest BCUT2D eigenvalue weighted by Crippen LogP contribution is -2.28. The highest BCUT2D eigenvalue weighted by Gasteiger charge is 2.10. The SMILES string of the molecule is Cc1nn(C)c(C)c1CNC(=S)Nc1cnn(Cc2cccc(Cl)c2)c1. The molecule has 2 aromatic heterocycles. The summed E-state index contributed by atoms with van der Waals surface area (Å²) >= 11 is 11.4. The largest absolute Gasteiger partial charge is 0.358 e. The van der Waals surface area contributed by atoms with E-state index in [9.17, 15) is 0 Å². The third-order valence-electron chi connectivity index (χ3n) is 4.21. The lowest BCUT2D eigenvalue weighted by atomic mass is 10.2. The van der Waals surface area contributed by atoms with E-state index in [1.807, 2.05) is 60.7 Å². The van der Waals surface area contributed by atoms with Crippen LogP contribution in [-0.4, -0.2) is 24.7 Å². The molecule has 0 radical (unpaired) electrons. The predicted molar refractivity (Wildman–Crippen MR) is 109 cm³/mol. The van der Waals surface area contributed by atoms with Crippen molar-refractivity contribution in [2.24, 2.45) is 7.05 Å². The van der Waals surface area contributed by atoms with Crippen molar-refractivity contribution in [2.75, 3.05) is 5.32 Å². The van der Waals surface area contributed by atoms with Crippen LogP contribution in [0.1, 0.15) is 22.5 Å². The molecule has 0 aliphatic rings. The number of hydrogen-bond acceptors (Lipinski definition) is 3. The Morgan fingerprint density at radius 1 is 1.31 bits per heavy atom. The molecule has 0 amide bonds. The molecule has 0 saturated heterocycles. The van der Waals surface area contributed by atoms with E-state index in [1.54, 1.807) is 6.20 Å². The van der Waals surface area contributed by atoms with Gasteiger partial charge in [0.05, 0.1) is 24.1 Å². The highest BCUT2D eigenvalue weighted by atomic mass is 35.5. The first-order valence-corrected chi connectivity index (χ1v) is 9.02. The lowest BCUT2D eigenvalue weighted by molar-refractivity contribution is 0.687. The molecule has 2 heterocycles. The standard InChI is InChI=1S/C18H21ClN6S/c1-12-17(13(2)24(3)23-12)9-20-18(26)22-16-8-21-25(11-16)10-14-5-4-6-15(19)7-14/h4-8,11H,9-10H2,1-3H3,(H2,20,22,26). The molecule has 0 spiro atoms. The van der Waals surface area contributed by atoms with E-state index in [0.717, 1.165) is 33.2 Å². The summed E-state index contributed by atoms with van der Waals surface area (Å²) in [6.07, 6.45) is 3.66. The number of halogens is 1. The topological polar surface area (TPSA) is 59.7 Å². The molecular formula is C18H21ClN6S. The number of anilines is 1. The van der Waals surface area contributed by atoms with Crippen LogP contribution in [-0.2, 0) is 20.1 Å². The van der Waals surface area contributed by atoms with Crippen molar-refractivity contribution in [2.45, 2.75) is 26.9 Å². The first kappa shape index (κ1) is 18.4. The molecule has 0 aliphatic heterocycles. The van der Waals surface area contributed by atoms with Gasteiger partial charge >= 0.3 is 0 Å². The fourth-order valence-corrected chi connectivity index (χ4v) is 3.16. The third kappa shape index (κ3) is 4.42. The number of hydrogen-bond donors (Lipinski definition) is 2. The Morgan fingerprint density at radius 2 is 2.12 bits per heavy atom. The van der Waals surface area contributed by atoms with Gasteiger partial charge in [0.25, 0.3) is 0 Å². The Labute approximate surface area is 163 Å². The second-order valence-electron chi connectivity index (χ2n) is 6.14. The summed E-state index contributed by atoms with van der Waals surface area (Å²) in [6, 6.07) is 7.74. The number of nitrogens with one attached hydrogen (secondary N) is 2. The van der Waals surface area contributed by atoms with Crippen LogP contribution in [0.4, 0.5) is 5.69 Å². The van der Waals surface area contributed by atoms with Gasteiger partial charge in [-0.05, 0) is 43.8 Å². The number of nitrogens with zero attached hydrogens (tertiary/aromatic N) is 4. The molecule has 6 nitrogen and oxygen atoms in total. The summed E-state index contributed by atoms with van der Waals surface area (Å²) in [7, 11) is 1.94. The summed E-state index contributed by atoms with van der Waals surface area (Å²) in [5.41, 5.74) is 5.23. The van der Waals surface area contributed by atoms with E-state index in [0.29, 0.717) is 18.2 Å². The first-order valence-electron chi connectivity index (χ1n) is 8.23. The zero-order chi connectivity index (χ0) is 18.7. The molecule has 0 fully saturated rings. The highest BCUT2D eigenvalue weighted by Crippen LogP contribution is 2.14. The lowest BCUT2D eigenvalue weighted by Gasteiger charge is -2.09. The van der Waals surface area contributed by atoms with Crippen LogP contribution in [0.3, 0.4) is 0 Å². The summed E-state index contributed by atoms with van der Waals surface area (Å²) in [5, 5.41) is 16.4. The summed E-state index contributed by atoms with van der Waals surface area (Å²) in [5.74, 6) is 0. The van der Waals surface area contributed by atoms with Crippen molar-refractivity contribution in [3.63, 3.8) is 0 Å². The molecule has 0 bridgehead atoms. The van der Waals surface area contributed by atoms with Crippen LogP contribution in [0.2, 0.25) is 5.02 Å². The zero-order valence-corrected chi connectivity index (χ0v) is 16.5. The Balaban J connectivity index is 1.56. The van der Waals surface area contributed by atoms with Gasteiger partial charge in [0.15, 0.2) is 5.11 Å². The number of benzene rings is 1. The summed E-state index contributed by atoms with van der Waals surface area (Å²) in [6.45, 7) is 5.33. The fourth-order valence-electron chi connectivity index (χ4n) is 2.75. The summed E-state index contributed by atoms with van der Waals surface area (Å²) < 4.78 is 3.72. The van der Waals surface area contributed by atoms with Gasteiger partial charge < -0.3 is 10.6 Å². The van der Waals surface area contributed by atoms with Gasteiger partial charge in [0.1, 0.15) is 0 Å². The monoisotopic (exact) mass is 388 g/mol. The minimum absolute atomic E-state index is 0.551. The number of rotatable bonds is 5. The molecule has 0 atom stereocenters. The van der Waals surface area contributed by atoms with Crippen molar-refractivity contribution in [3.05, 3.63) is 64.2 Å². The quantitative estimate of drug-likeness (QED) is 0.656. The van der Waals surface area contributed by atoms with Crippen molar-refractivity contribution in [1.82, 2.24) is 24.9 Å². The molecule has 8 heteroatoms. The molecule has 26 heavy (non-hydrogen) atoms. The maximum absolute atomic E-state index is 6.02. The molecule has 2 N–H and O–H groups in total. The average Bonchev–Trinajstić information content (AvgIpc) is 3.10. The minimum atomic E-state index is 0.551.